The first-order valence-electron chi connectivity index (χ1n) is 15.2. The Kier molecular flexibility index (Phi) is 10.0. The second-order valence-corrected chi connectivity index (χ2v) is 11.4. The first-order valence-corrected chi connectivity index (χ1v) is 15.2. The zero-order valence-corrected chi connectivity index (χ0v) is 24.9. The van der Waals surface area contributed by atoms with E-state index in [1.54, 1.807) is 18.3 Å². The zero-order valence-electron chi connectivity index (χ0n) is 24.9. The topological polar surface area (TPSA) is 110 Å². The number of amides is 2. The minimum absolute atomic E-state index is 0.0251. The van der Waals surface area contributed by atoms with Crippen LogP contribution >= 0.6 is 0 Å². The number of benzene rings is 3. The van der Waals surface area contributed by atoms with Gasteiger partial charge in [0.1, 0.15) is 0 Å². The normalized spacial score (nSPS) is 16.9. The van der Waals surface area contributed by atoms with E-state index in [0.29, 0.717) is 24.1 Å². The van der Waals surface area contributed by atoms with Crippen LogP contribution in [0.2, 0.25) is 0 Å². The van der Waals surface area contributed by atoms with E-state index in [4.69, 9.17) is 0 Å². The van der Waals surface area contributed by atoms with Crippen molar-refractivity contribution < 1.29 is 14.7 Å². The predicted molar refractivity (Wildman–Crippen MR) is 168 cm³/mol. The Morgan fingerprint density at radius 3 is 2.47 bits per heavy atom. The second kappa shape index (κ2) is 14.3. The van der Waals surface area contributed by atoms with E-state index in [-0.39, 0.29) is 30.4 Å². The maximum Gasteiger partial charge on any atom is 0.254 e. The van der Waals surface area contributed by atoms with E-state index in [1.165, 1.54) is 0 Å². The Balaban J connectivity index is 1.32. The molecule has 0 spiro atoms. The Morgan fingerprint density at radius 1 is 1.05 bits per heavy atom. The van der Waals surface area contributed by atoms with Gasteiger partial charge in [-0.1, -0.05) is 67.6 Å². The van der Waals surface area contributed by atoms with Crippen molar-refractivity contribution in [3.05, 3.63) is 125 Å². The minimum Gasteiger partial charge on any atom is -0.390 e. The molecule has 2 amide bonds. The van der Waals surface area contributed by atoms with Crippen LogP contribution in [0, 0.1) is 6.92 Å². The third-order valence-corrected chi connectivity index (χ3v) is 8.27. The van der Waals surface area contributed by atoms with Gasteiger partial charge in [0.15, 0.2) is 0 Å². The minimum atomic E-state index is -0.854. The van der Waals surface area contributed by atoms with E-state index < -0.39 is 12.1 Å². The summed E-state index contributed by atoms with van der Waals surface area (Å²) in [6.45, 7) is 4.94. The third kappa shape index (κ3) is 7.58. The lowest BCUT2D eigenvalue weighted by Crippen LogP contribution is -2.49. The fourth-order valence-electron chi connectivity index (χ4n) is 5.99. The number of hydrogen-bond donors (Lipinski definition) is 4. The van der Waals surface area contributed by atoms with Gasteiger partial charge < -0.3 is 20.6 Å². The number of aliphatic hydroxyl groups is 1. The number of likely N-dealkylation sites (tertiary alicyclic amines) is 1. The number of aliphatic hydroxyl groups excluding tert-OH is 1. The molecule has 1 aromatic heterocycles. The van der Waals surface area contributed by atoms with Gasteiger partial charge in [-0.2, -0.15) is 5.10 Å². The standard InChI is InChI=1S/C35H41N5O3/c1-3-30(29-21-37-38-22-29)36-23-33(41)31(19-25-11-6-4-7-12-25)39-34(42)27-17-24(2)18-28(20-27)35(43)40-16-10-15-32(40)26-13-8-5-9-14-26/h4-9,11-14,17-18,20-22,30-33,36,41H,3,10,15-16,19,23H2,1-2H3,(H,37,38)(H,39,42)/t30?,31-,32?,33+/m0/s1. The Hall–Kier alpha value is -4.27. The van der Waals surface area contributed by atoms with Crippen molar-refractivity contribution in [2.24, 2.45) is 0 Å². The van der Waals surface area contributed by atoms with Gasteiger partial charge in [-0.05, 0) is 67.5 Å². The van der Waals surface area contributed by atoms with Crippen LogP contribution in [0.3, 0.4) is 0 Å². The van der Waals surface area contributed by atoms with Gasteiger partial charge in [-0.3, -0.25) is 14.7 Å². The average molecular weight is 580 g/mol. The number of rotatable bonds is 12. The molecule has 0 bridgehead atoms. The molecule has 1 fully saturated rings. The summed E-state index contributed by atoms with van der Waals surface area (Å²) >= 11 is 0. The molecule has 3 aromatic carbocycles. The van der Waals surface area contributed by atoms with Crippen molar-refractivity contribution in [2.45, 2.75) is 63.8 Å². The lowest BCUT2D eigenvalue weighted by atomic mass is 9.99. The van der Waals surface area contributed by atoms with Crippen LogP contribution in [0.1, 0.15) is 81.2 Å². The molecule has 1 aliphatic heterocycles. The fourth-order valence-corrected chi connectivity index (χ4v) is 5.99. The van der Waals surface area contributed by atoms with E-state index in [2.05, 4.69) is 39.9 Å². The molecule has 4 atom stereocenters. The SMILES string of the molecule is CCC(NC[C@@H](O)[C@H](Cc1ccccc1)NC(=O)c1cc(C)cc(C(=O)N2CCCC2c2ccccc2)c1)c1cn[nH]c1. The molecular weight excluding hydrogens is 538 g/mol. The fraction of sp³-hybridized carbons (Fsp3) is 0.343. The number of hydrogen-bond acceptors (Lipinski definition) is 5. The van der Waals surface area contributed by atoms with Crippen LogP contribution in [-0.4, -0.2) is 57.3 Å². The summed E-state index contributed by atoms with van der Waals surface area (Å²) in [7, 11) is 0. The summed E-state index contributed by atoms with van der Waals surface area (Å²) in [4.78, 5) is 29.3. The quantitative estimate of drug-likeness (QED) is 0.186. The van der Waals surface area contributed by atoms with E-state index in [9.17, 15) is 14.7 Å². The summed E-state index contributed by atoms with van der Waals surface area (Å²) < 4.78 is 0. The molecule has 8 nitrogen and oxygen atoms in total. The monoisotopic (exact) mass is 579 g/mol. The molecule has 0 aliphatic carbocycles. The molecule has 1 saturated heterocycles. The van der Waals surface area contributed by atoms with Crippen molar-refractivity contribution in [1.29, 1.82) is 0 Å². The summed E-state index contributed by atoms with van der Waals surface area (Å²) in [6.07, 6.45) is 5.91. The summed E-state index contributed by atoms with van der Waals surface area (Å²) in [5, 5.41) is 24.7. The largest absolute Gasteiger partial charge is 0.390 e. The number of aromatic nitrogens is 2. The van der Waals surface area contributed by atoms with Crippen molar-refractivity contribution in [2.75, 3.05) is 13.1 Å². The smallest absolute Gasteiger partial charge is 0.254 e. The van der Waals surface area contributed by atoms with Gasteiger partial charge >= 0.3 is 0 Å². The highest BCUT2D eigenvalue weighted by molar-refractivity contribution is 6.00. The Morgan fingerprint density at radius 2 is 1.77 bits per heavy atom. The lowest BCUT2D eigenvalue weighted by molar-refractivity contribution is 0.0735. The first kappa shape index (κ1) is 30.2. The molecular formula is C35H41N5O3. The second-order valence-electron chi connectivity index (χ2n) is 11.4. The van der Waals surface area contributed by atoms with Crippen LogP contribution in [0.5, 0.6) is 0 Å². The van der Waals surface area contributed by atoms with Gasteiger partial charge in [-0.15, -0.1) is 0 Å². The Bertz CT molecular complexity index is 1480. The molecule has 43 heavy (non-hydrogen) atoms. The molecule has 8 heteroatoms. The van der Waals surface area contributed by atoms with Crippen molar-refractivity contribution in [1.82, 2.24) is 25.7 Å². The number of nitrogens with one attached hydrogen (secondary N) is 3. The van der Waals surface area contributed by atoms with Gasteiger partial charge in [0.05, 0.1) is 24.4 Å². The highest BCUT2D eigenvalue weighted by Crippen LogP contribution is 2.33. The maximum absolute atomic E-state index is 13.7. The lowest BCUT2D eigenvalue weighted by Gasteiger charge is -2.27. The molecule has 5 rings (SSSR count). The van der Waals surface area contributed by atoms with Crippen LogP contribution in [0.25, 0.3) is 0 Å². The molecule has 2 heterocycles. The average Bonchev–Trinajstić information content (AvgIpc) is 3.75. The summed E-state index contributed by atoms with van der Waals surface area (Å²) in [5.41, 5.74) is 4.89. The molecule has 4 N–H and O–H groups in total. The molecule has 224 valence electrons. The van der Waals surface area contributed by atoms with Gasteiger partial charge in [-0.25, -0.2) is 0 Å². The van der Waals surface area contributed by atoms with Crippen molar-refractivity contribution >= 4 is 11.8 Å². The predicted octanol–water partition coefficient (Wildman–Crippen LogP) is 5.14. The zero-order chi connectivity index (χ0) is 30.2. The first-order chi connectivity index (χ1) is 20.9. The van der Waals surface area contributed by atoms with Gasteiger partial charge in [0, 0.05) is 42.0 Å². The van der Waals surface area contributed by atoms with Crippen molar-refractivity contribution in [3.63, 3.8) is 0 Å². The number of carbonyl (C=O) groups excluding carboxylic acids is 2. The van der Waals surface area contributed by atoms with Crippen LogP contribution in [0.4, 0.5) is 0 Å². The summed E-state index contributed by atoms with van der Waals surface area (Å²) in [6, 6.07) is 24.8. The molecule has 1 aliphatic rings. The van der Waals surface area contributed by atoms with E-state index >= 15 is 0 Å². The van der Waals surface area contributed by atoms with Crippen LogP contribution in [0.15, 0.2) is 91.3 Å². The number of aryl methyl sites for hydroxylation is 1. The Labute approximate surface area is 253 Å². The number of carbonyl (C=O) groups is 2. The third-order valence-electron chi connectivity index (χ3n) is 8.27. The van der Waals surface area contributed by atoms with Crippen LogP contribution < -0.4 is 10.6 Å². The highest BCUT2D eigenvalue weighted by Gasteiger charge is 2.31. The molecule has 2 unspecified atom stereocenters. The van der Waals surface area contributed by atoms with E-state index in [0.717, 1.165) is 41.5 Å². The van der Waals surface area contributed by atoms with Gasteiger partial charge in [0.2, 0.25) is 0 Å². The van der Waals surface area contributed by atoms with E-state index in [1.807, 2.05) is 72.6 Å². The van der Waals surface area contributed by atoms with Gasteiger partial charge in [0.25, 0.3) is 11.8 Å². The highest BCUT2D eigenvalue weighted by atomic mass is 16.3. The maximum atomic E-state index is 13.7. The van der Waals surface area contributed by atoms with Crippen LogP contribution in [-0.2, 0) is 6.42 Å². The number of H-pyrrole nitrogens is 1. The number of aromatic amines is 1. The molecule has 4 aromatic rings. The number of nitrogens with zero attached hydrogens (tertiary/aromatic N) is 2. The summed E-state index contributed by atoms with van der Waals surface area (Å²) in [5.74, 6) is -0.389. The molecule has 0 radical (unpaired) electrons. The van der Waals surface area contributed by atoms with Crippen molar-refractivity contribution in [3.8, 4) is 0 Å². The molecule has 0 saturated carbocycles.